The maximum absolute atomic E-state index is 13.3. The Morgan fingerprint density at radius 1 is 1.14 bits per heavy atom. The van der Waals surface area contributed by atoms with Crippen molar-refractivity contribution in [2.45, 2.75) is 24.9 Å². The van der Waals surface area contributed by atoms with Gasteiger partial charge < -0.3 is 4.74 Å². The Labute approximate surface area is 228 Å². The van der Waals surface area contributed by atoms with Gasteiger partial charge in [0.1, 0.15) is 12.4 Å². The first kappa shape index (κ1) is 24.7. The van der Waals surface area contributed by atoms with Crippen molar-refractivity contribution in [3.8, 4) is 17.0 Å². The zero-order valence-electron chi connectivity index (χ0n) is 19.4. The van der Waals surface area contributed by atoms with Crippen molar-refractivity contribution >= 4 is 55.2 Å². The van der Waals surface area contributed by atoms with Gasteiger partial charge in [-0.15, -0.1) is 0 Å². The van der Waals surface area contributed by atoms with Crippen molar-refractivity contribution in [3.63, 3.8) is 0 Å². The van der Waals surface area contributed by atoms with Crippen LogP contribution in [0.2, 0.25) is 0 Å². The van der Waals surface area contributed by atoms with E-state index in [4.69, 9.17) is 9.84 Å². The van der Waals surface area contributed by atoms with Crippen LogP contribution in [0, 0.1) is 0 Å². The molecule has 0 saturated heterocycles. The molecule has 4 aromatic rings. The van der Waals surface area contributed by atoms with Gasteiger partial charge in [0.25, 0.3) is 6.17 Å². The molecule has 3 aromatic carbocycles. The monoisotopic (exact) mass is 627 g/mol. The zero-order chi connectivity index (χ0) is 25.4. The van der Waals surface area contributed by atoms with Crippen LogP contribution in [-0.4, -0.2) is 22.2 Å². The van der Waals surface area contributed by atoms with Crippen LogP contribution in [0.4, 0.5) is 5.69 Å². The summed E-state index contributed by atoms with van der Waals surface area (Å²) in [6.07, 6.45) is 1.07. The number of nitrogens with one attached hydrogen (secondary N) is 1. The number of nitrogens with zero attached hydrogens (tertiary/aromatic N) is 3. The van der Waals surface area contributed by atoms with Gasteiger partial charge in [-0.3, -0.25) is 14.6 Å². The van der Waals surface area contributed by atoms with E-state index in [1.165, 1.54) is 18.7 Å². The first-order valence-corrected chi connectivity index (χ1v) is 13.8. The number of anilines is 1. The van der Waals surface area contributed by atoms with E-state index in [0.29, 0.717) is 44.5 Å². The minimum absolute atomic E-state index is 0.191. The zero-order valence-corrected chi connectivity index (χ0v) is 23.4. The highest BCUT2D eigenvalue weighted by Crippen LogP contribution is 2.43. The van der Waals surface area contributed by atoms with E-state index in [9.17, 15) is 9.59 Å². The van der Waals surface area contributed by atoms with Gasteiger partial charge in [-0.2, -0.15) is 0 Å². The lowest BCUT2D eigenvalue weighted by Gasteiger charge is -2.32. The minimum atomic E-state index is -0.764. The quantitative estimate of drug-likeness (QED) is 0.234. The summed E-state index contributed by atoms with van der Waals surface area (Å²) in [5, 5.41) is 5.19. The molecule has 1 atom stereocenters. The normalized spacial score (nSPS) is 14.2. The topological polar surface area (TPSA) is 79.2 Å². The van der Waals surface area contributed by atoms with Crippen molar-refractivity contribution in [3.05, 3.63) is 97.2 Å². The third-order valence-corrected chi connectivity index (χ3v) is 7.45. The fraction of sp³-hybridized carbons (Fsp3) is 0.154. The molecule has 0 saturated carbocycles. The van der Waals surface area contributed by atoms with E-state index < -0.39 is 6.17 Å². The molecule has 0 spiro atoms. The van der Waals surface area contributed by atoms with Crippen molar-refractivity contribution in [1.29, 1.82) is 0 Å². The van der Waals surface area contributed by atoms with Gasteiger partial charge in [-0.1, -0.05) is 70.2 Å². The van der Waals surface area contributed by atoms with E-state index >= 15 is 0 Å². The van der Waals surface area contributed by atoms with Crippen molar-refractivity contribution in [1.82, 2.24) is 10.1 Å². The number of benzene rings is 3. The number of aromatic nitrogens is 3. The molecule has 2 heterocycles. The molecule has 1 aliphatic rings. The summed E-state index contributed by atoms with van der Waals surface area (Å²) in [5.74, 6) is 0.368. The van der Waals surface area contributed by atoms with Gasteiger partial charge in [0.15, 0.2) is 0 Å². The first-order chi connectivity index (χ1) is 17.4. The van der Waals surface area contributed by atoms with Crippen molar-refractivity contribution in [2.24, 2.45) is 0 Å². The lowest BCUT2D eigenvalue weighted by Crippen LogP contribution is -2.60. The smallest absolute Gasteiger partial charge is 0.325 e. The molecule has 0 unspecified atom stereocenters. The highest BCUT2D eigenvalue weighted by Gasteiger charge is 2.46. The summed E-state index contributed by atoms with van der Waals surface area (Å²) < 4.78 is 9.46. The molecule has 0 fully saturated rings. The van der Waals surface area contributed by atoms with Crippen LogP contribution in [0.3, 0.4) is 0 Å². The van der Waals surface area contributed by atoms with Crippen molar-refractivity contribution in [2.75, 3.05) is 11.2 Å². The van der Waals surface area contributed by atoms with Gasteiger partial charge >= 0.3 is 11.3 Å². The Morgan fingerprint density at radius 3 is 2.58 bits per heavy atom. The van der Waals surface area contributed by atoms with Gasteiger partial charge in [0.2, 0.25) is 11.1 Å². The number of aromatic amines is 1. The average Bonchev–Trinajstić information content (AvgIpc) is 2.87. The predicted molar refractivity (Wildman–Crippen MR) is 146 cm³/mol. The number of hydrogen-bond donors (Lipinski definition) is 1. The second-order valence-corrected chi connectivity index (χ2v) is 10.7. The largest absolute Gasteiger partial charge is 0.487 e. The fourth-order valence-corrected chi connectivity index (χ4v) is 6.08. The van der Waals surface area contributed by atoms with E-state index in [0.717, 1.165) is 10.0 Å². The van der Waals surface area contributed by atoms with E-state index in [1.54, 1.807) is 9.58 Å². The number of carbonyl (C=O) groups excluding carboxylic acids is 1. The Morgan fingerprint density at radius 2 is 1.86 bits per heavy atom. The van der Waals surface area contributed by atoms with Gasteiger partial charge in [-0.05, 0) is 56.7 Å². The van der Waals surface area contributed by atoms with Crippen LogP contribution < -0.4 is 19.9 Å². The standard InChI is InChI=1S/C26H20Br2N4O3S/c1-15(33)31-21-11-7-6-10-18(21)22-24(34)29-26(36-2)30-32(22)25(31)19-12-17(27)13-20(28)23(19)35-14-16-8-4-3-5-9-16/h3-13,25H,14H2,1-2H3/p+1/t25-/m0/s1. The maximum atomic E-state index is 13.3. The molecule has 0 radical (unpaired) electrons. The number of para-hydroxylation sites is 1. The Hall–Kier alpha value is -2.95. The van der Waals surface area contributed by atoms with Crippen LogP contribution in [0.15, 0.2) is 85.6 Å². The second kappa shape index (κ2) is 10.2. The Balaban J connectivity index is 1.77. The third kappa shape index (κ3) is 4.49. The lowest BCUT2D eigenvalue weighted by molar-refractivity contribution is -0.763. The van der Waals surface area contributed by atoms with Crippen molar-refractivity contribution < 1.29 is 14.2 Å². The molecule has 1 N–H and O–H groups in total. The second-order valence-electron chi connectivity index (χ2n) is 8.12. The molecular weight excluding hydrogens is 608 g/mol. The van der Waals surface area contributed by atoms with E-state index in [1.807, 2.05) is 73.0 Å². The number of thioether (sulfide) groups is 1. The van der Waals surface area contributed by atoms with Gasteiger partial charge in [0.05, 0.1) is 21.3 Å². The van der Waals surface area contributed by atoms with Crippen LogP contribution in [-0.2, 0) is 11.4 Å². The summed E-state index contributed by atoms with van der Waals surface area (Å²) in [6, 6.07) is 21.0. The number of carbonyl (C=O) groups is 1. The van der Waals surface area contributed by atoms with Gasteiger partial charge in [0, 0.05) is 16.5 Å². The van der Waals surface area contributed by atoms with E-state index in [-0.39, 0.29) is 11.5 Å². The molecule has 10 heteroatoms. The number of fused-ring (bicyclic) bond motifs is 3. The third-order valence-electron chi connectivity index (χ3n) is 5.83. The predicted octanol–water partition coefficient (Wildman–Crippen LogP) is 5.46. The fourth-order valence-electron chi connectivity index (χ4n) is 4.34. The Bertz CT molecular complexity index is 1530. The molecule has 5 rings (SSSR count). The average molecular weight is 629 g/mol. The number of ether oxygens (including phenoxy) is 1. The number of rotatable bonds is 5. The van der Waals surface area contributed by atoms with Crippen LogP contribution in [0.1, 0.15) is 24.2 Å². The molecule has 7 nitrogen and oxygen atoms in total. The van der Waals surface area contributed by atoms with Crippen LogP contribution >= 0.6 is 43.6 Å². The van der Waals surface area contributed by atoms with Crippen LogP contribution in [0.25, 0.3) is 11.3 Å². The minimum Gasteiger partial charge on any atom is -0.487 e. The number of halogens is 2. The summed E-state index contributed by atoms with van der Waals surface area (Å²) in [4.78, 5) is 31.0. The summed E-state index contributed by atoms with van der Waals surface area (Å²) in [7, 11) is 0. The molecule has 1 aliphatic heterocycles. The number of H-pyrrole nitrogens is 1. The molecular formula is C26H21Br2N4O3S+. The molecule has 1 amide bonds. The molecule has 0 bridgehead atoms. The number of hydrogen-bond acceptors (Lipinski definition) is 5. The van der Waals surface area contributed by atoms with Gasteiger partial charge in [-0.25, -0.2) is 4.90 Å². The maximum Gasteiger partial charge on any atom is 0.325 e. The summed E-state index contributed by atoms with van der Waals surface area (Å²) in [5.41, 5.74) is 3.03. The molecule has 182 valence electrons. The molecule has 36 heavy (non-hydrogen) atoms. The van der Waals surface area contributed by atoms with E-state index in [2.05, 4.69) is 36.8 Å². The summed E-state index contributed by atoms with van der Waals surface area (Å²) in [6.45, 7) is 1.84. The molecule has 1 aromatic heterocycles. The Kier molecular flexibility index (Phi) is 7.00. The molecule has 0 aliphatic carbocycles. The first-order valence-electron chi connectivity index (χ1n) is 11.0. The highest BCUT2D eigenvalue weighted by molar-refractivity contribution is 9.11. The SMILES string of the molecule is CSc1n[n+]2c(c(=O)[nH]1)-c1ccccc1N(C(C)=O)[C@@H]2c1cc(Br)cc(Br)c1OCc1ccccc1. The van der Waals surface area contributed by atoms with Crippen LogP contribution in [0.5, 0.6) is 5.75 Å². The highest BCUT2D eigenvalue weighted by atomic mass is 79.9. The number of amides is 1. The lowest BCUT2D eigenvalue weighted by atomic mass is 10.0. The summed E-state index contributed by atoms with van der Waals surface area (Å²) >= 11 is 8.56.